The lowest BCUT2D eigenvalue weighted by Crippen LogP contribution is -2.36. The van der Waals surface area contributed by atoms with Crippen LogP contribution in [0.3, 0.4) is 0 Å². The lowest BCUT2D eigenvalue weighted by atomic mass is 10.0. The molecular weight excluding hydrogens is 477 g/mol. The first-order valence-electron chi connectivity index (χ1n) is 7.85. The predicted molar refractivity (Wildman–Crippen MR) is 106 cm³/mol. The Morgan fingerprint density at radius 2 is 1.71 bits per heavy atom. The number of sulfonamides is 1. The molecule has 2 rings (SSSR count). The van der Waals surface area contributed by atoms with Gasteiger partial charge >= 0.3 is 6.09 Å². The van der Waals surface area contributed by atoms with Crippen LogP contribution in [0.15, 0.2) is 45.8 Å². The van der Waals surface area contributed by atoms with Crippen LogP contribution in [0, 0.1) is 5.82 Å². The molecular formula is C18H16BrClFNO5S. The minimum atomic E-state index is -4.22. The Morgan fingerprint density at radius 1 is 1.11 bits per heavy atom. The summed E-state index contributed by atoms with van der Waals surface area (Å²) in [5.41, 5.74) is -0.693. The smallest absolute Gasteiger partial charge is 0.421 e. The molecule has 0 unspecified atom stereocenters. The Morgan fingerprint density at radius 3 is 2.25 bits per heavy atom. The van der Waals surface area contributed by atoms with E-state index in [1.165, 1.54) is 12.1 Å². The molecule has 1 N–H and O–H groups in total. The third-order valence-electron chi connectivity index (χ3n) is 3.29. The van der Waals surface area contributed by atoms with Gasteiger partial charge in [0.05, 0.1) is 9.92 Å². The van der Waals surface area contributed by atoms with Gasteiger partial charge < -0.3 is 4.74 Å². The summed E-state index contributed by atoms with van der Waals surface area (Å²) in [6.45, 7) is 4.78. The summed E-state index contributed by atoms with van der Waals surface area (Å²) in [4.78, 5) is 24.1. The van der Waals surface area contributed by atoms with Crippen molar-refractivity contribution in [2.75, 3.05) is 0 Å². The van der Waals surface area contributed by atoms with Gasteiger partial charge in [-0.2, -0.15) is 0 Å². The molecule has 10 heteroatoms. The van der Waals surface area contributed by atoms with Crippen LogP contribution in [-0.2, 0) is 14.8 Å². The van der Waals surface area contributed by atoms with E-state index in [2.05, 4.69) is 15.9 Å². The fourth-order valence-electron chi connectivity index (χ4n) is 2.13. The molecule has 0 saturated heterocycles. The lowest BCUT2D eigenvalue weighted by molar-refractivity contribution is 0.0570. The van der Waals surface area contributed by atoms with Crippen molar-refractivity contribution in [2.24, 2.45) is 0 Å². The highest BCUT2D eigenvalue weighted by atomic mass is 79.9. The molecule has 0 bridgehead atoms. The number of amides is 1. The summed E-state index contributed by atoms with van der Waals surface area (Å²) in [5.74, 6) is -1.11. The molecule has 150 valence electrons. The van der Waals surface area contributed by atoms with Crippen molar-refractivity contribution >= 4 is 49.4 Å². The fourth-order valence-corrected chi connectivity index (χ4v) is 4.00. The van der Waals surface area contributed by atoms with Crippen molar-refractivity contribution in [3.8, 4) is 0 Å². The van der Waals surface area contributed by atoms with Crippen molar-refractivity contribution in [2.45, 2.75) is 31.3 Å². The number of ether oxygens (including phenoxy) is 1. The third kappa shape index (κ3) is 5.52. The van der Waals surface area contributed by atoms with E-state index in [0.717, 1.165) is 24.3 Å². The number of ketones is 1. The first-order valence-corrected chi connectivity index (χ1v) is 10.5. The number of benzene rings is 2. The monoisotopic (exact) mass is 491 g/mol. The molecule has 2 aromatic carbocycles. The van der Waals surface area contributed by atoms with E-state index in [1.807, 2.05) is 0 Å². The highest BCUT2D eigenvalue weighted by Gasteiger charge is 2.24. The molecule has 0 atom stereocenters. The second-order valence-corrected chi connectivity index (χ2v) is 9.65. The van der Waals surface area contributed by atoms with Gasteiger partial charge in [0.15, 0.2) is 5.78 Å². The van der Waals surface area contributed by atoms with Gasteiger partial charge in [0.1, 0.15) is 11.4 Å². The SMILES string of the molecule is CC(C)(C)OC(=O)NS(=O)(=O)c1ccc(C(=O)c2ccc(F)cc2Cl)c(Br)c1. The van der Waals surface area contributed by atoms with Gasteiger partial charge in [-0.3, -0.25) is 4.79 Å². The minimum Gasteiger partial charge on any atom is -0.443 e. The zero-order valence-electron chi connectivity index (χ0n) is 15.0. The number of nitrogens with one attached hydrogen (secondary N) is 1. The Labute approximate surface area is 175 Å². The van der Waals surface area contributed by atoms with E-state index >= 15 is 0 Å². The molecule has 1 amide bonds. The lowest BCUT2D eigenvalue weighted by Gasteiger charge is -2.19. The molecule has 2 aromatic rings. The largest absolute Gasteiger partial charge is 0.443 e. The van der Waals surface area contributed by atoms with Crippen LogP contribution in [0.2, 0.25) is 5.02 Å². The van der Waals surface area contributed by atoms with E-state index in [1.54, 1.807) is 25.5 Å². The zero-order valence-corrected chi connectivity index (χ0v) is 18.2. The second-order valence-electron chi connectivity index (χ2n) is 6.70. The normalized spacial score (nSPS) is 11.8. The summed E-state index contributed by atoms with van der Waals surface area (Å²) in [6.07, 6.45) is -1.12. The molecule has 0 saturated carbocycles. The van der Waals surface area contributed by atoms with Gasteiger partial charge in [-0.05, 0) is 73.1 Å². The second kappa shape index (κ2) is 8.18. The van der Waals surface area contributed by atoms with Gasteiger partial charge in [-0.15, -0.1) is 0 Å². The molecule has 6 nitrogen and oxygen atoms in total. The van der Waals surface area contributed by atoms with E-state index in [9.17, 15) is 22.4 Å². The molecule has 28 heavy (non-hydrogen) atoms. The Balaban J connectivity index is 2.30. The summed E-state index contributed by atoms with van der Waals surface area (Å²) in [6, 6.07) is 6.92. The summed E-state index contributed by atoms with van der Waals surface area (Å²) < 4.78 is 44.7. The van der Waals surface area contributed by atoms with E-state index in [-0.39, 0.29) is 25.5 Å². The Hall–Kier alpha value is -1.97. The number of hydrogen-bond donors (Lipinski definition) is 1. The topological polar surface area (TPSA) is 89.5 Å². The van der Waals surface area contributed by atoms with Gasteiger partial charge in [-0.25, -0.2) is 22.3 Å². The van der Waals surface area contributed by atoms with Crippen molar-refractivity contribution in [3.63, 3.8) is 0 Å². The maximum atomic E-state index is 13.2. The Kier molecular flexibility index (Phi) is 6.52. The maximum absolute atomic E-state index is 13.2. The van der Waals surface area contributed by atoms with Gasteiger partial charge in [0.25, 0.3) is 10.0 Å². The highest BCUT2D eigenvalue weighted by molar-refractivity contribution is 9.10. The minimum absolute atomic E-state index is 0.0613. The predicted octanol–water partition coefficient (Wildman–Crippen LogP) is 4.69. The number of carbonyl (C=O) groups excluding carboxylic acids is 2. The molecule has 0 aliphatic carbocycles. The van der Waals surface area contributed by atoms with Crippen molar-refractivity contribution in [1.82, 2.24) is 4.72 Å². The number of carbonyl (C=O) groups is 2. The molecule has 0 aromatic heterocycles. The van der Waals surface area contributed by atoms with Crippen LogP contribution in [-0.4, -0.2) is 25.9 Å². The van der Waals surface area contributed by atoms with Crippen molar-refractivity contribution < 1.29 is 27.1 Å². The number of halogens is 3. The van der Waals surface area contributed by atoms with Gasteiger partial charge in [0, 0.05) is 15.6 Å². The first kappa shape index (κ1) is 22.3. The molecule has 0 aliphatic rings. The van der Waals surface area contributed by atoms with Crippen molar-refractivity contribution in [3.05, 3.63) is 62.8 Å². The zero-order chi connectivity index (χ0) is 21.3. The van der Waals surface area contributed by atoms with Gasteiger partial charge in [0.2, 0.25) is 0 Å². The van der Waals surface area contributed by atoms with Crippen LogP contribution in [0.5, 0.6) is 0 Å². The standard InChI is InChI=1S/C18H16BrClFNO5S/c1-18(2,3)27-17(24)22-28(25,26)11-5-7-12(14(19)9-11)16(23)13-6-4-10(21)8-15(13)20/h4-9H,1-3H3,(H,22,24). The molecule has 0 aliphatic heterocycles. The van der Waals surface area contributed by atoms with E-state index < -0.39 is 33.3 Å². The number of rotatable bonds is 4. The van der Waals surface area contributed by atoms with Crippen LogP contribution in [0.1, 0.15) is 36.7 Å². The summed E-state index contributed by atoms with van der Waals surface area (Å²) in [5, 5.41) is -0.0693. The molecule has 0 fully saturated rings. The summed E-state index contributed by atoms with van der Waals surface area (Å²) in [7, 11) is -4.22. The first-order chi connectivity index (χ1) is 12.8. The van der Waals surface area contributed by atoms with Crippen molar-refractivity contribution in [1.29, 1.82) is 0 Å². The van der Waals surface area contributed by atoms with E-state index in [4.69, 9.17) is 16.3 Å². The molecule has 0 spiro atoms. The maximum Gasteiger partial charge on any atom is 0.421 e. The number of hydrogen-bond acceptors (Lipinski definition) is 5. The Bertz CT molecular complexity index is 1050. The van der Waals surface area contributed by atoms with Gasteiger partial charge in [-0.1, -0.05) is 11.6 Å². The van der Waals surface area contributed by atoms with E-state index in [0.29, 0.717) is 0 Å². The van der Waals surface area contributed by atoms with Crippen LogP contribution in [0.25, 0.3) is 0 Å². The van der Waals surface area contributed by atoms with Crippen LogP contribution < -0.4 is 4.72 Å². The summed E-state index contributed by atoms with van der Waals surface area (Å²) >= 11 is 9.05. The quantitative estimate of drug-likeness (QED) is 0.626. The highest BCUT2D eigenvalue weighted by Crippen LogP contribution is 2.27. The van der Waals surface area contributed by atoms with Crippen LogP contribution >= 0.6 is 27.5 Å². The third-order valence-corrected chi connectivity index (χ3v) is 5.57. The molecule has 0 heterocycles. The average Bonchev–Trinajstić information content (AvgIpc) is 2.51. The van der Waals surface area contributed by atoms with Crippen LogP contribution in [0.4, 0.5) is 9.18 Å². The fraction of sp³-hybridized carbons (Fsp3) is 0.222. The average molecular weight is 493 g/mol. The molecule has 0 radical (unpaired) electrons.